The van der Waals surface area contributed by atoms with Crippen molar-refractivity contribution in [1.29, 1.82) is 0 Å². The van der Waals surface area contributed by atoms with E-state index in [9.17, 15) is 0 Å². The van der Waals surface area contributed by atoms with Gasteiger partial charge in [-0.1, -0.05) is 124 Å². The average Bonchev–Trinajstić information content (AvgIpc) is 3.58. The number of aromatic nitrogens is 1. The molecular formula is C40H35BN4. The summed E-state index contributed by atoms with van der Waals surface area (Å²) in [7, 11) is -0.200. The Balaban J connectivity index is 1.45. The molecule has 3 heterocycles. The van der Waals surface area contributed by atoms with Crippen molar-refractivity contribution in [2.24, 2.45) is 0 Å². The van der Waals surface area contributed by atoms with Crippen molar-refractivity contribution in [2.45, 2.75) is 33.1 Å². The van der Waals surface area contributed by atoms with Crippen molar-refractivity contribution >= 4 is 41.4 Å². The van der Waals surface area contributed by atoms with Crippen LogP contribution in [0.3, 0.4) is 0 Å². The number of hydrogen-bond acceptors (Lipinski definition) is 4. The van der Waals surface area contributed by atoms with Crippen LogP contribution in [0, 0.1) is 6.92 Å². The minimum atomic E-state index is -0.200. The van der Waals surface area contributed by atoms with Crippen molar-refractivity contribution < 1.29 is 0 Å². The van der Waals surface area contributed by atoms with Crippen LogP contribution in [0.2, 0.25) is 0 Å². The number of fused-ring (bicyclic) bond motifs is 5. The highest BCUT2D eigenvalue weighted by atomic mass is 15.5. The summed E-state index contributed by atoms with van der Waals surface area (Å²) in [6.07, 6.45) is 1.97. The van der Waals surface area contributed by atoms with E-state index in [2.05, 4.69) is 176 Å². The van der Waals surface area contributed by atoms with E-state index in [1.165, 1.54) is 61.8 Å². The molecule has 4 nitrogen and oxygen atoms in total. The van der Waals surface area contributed by atoms with Gasteiger partial charge in [-0.3, -0.25) is 0 Å². The number of anilines is 6. The third-order valence-electron chi connectivity index (χ3n) is 9.12. The van der Waals surface area contributed by atoms with E-state index in [0.717, 1.165) is 5.82 Å². The number of benzene rings is 5. The highest BCUT2D eigenvalue weighted by Gasteiger charge is 2.55. The van der Waals surface area contributed by atoms with Crippen molar-refractivity contribution in [3.05, 3.63) is 151 Å². The number of aryl methyl sites for hydroxylation is 1. The van der Waals surface area contributed by atoms with Crippen LogP contribution in [0.15, 0.2) is 140 Å². The predicted octanol–water partition coefficient (Wildman–Crippen LogP) is 10.4. The fourth-order valence-corrected chi connectivity index (χ4v) is 6.98. The third-order valence-corrected chi connectivity index (χ3v) is 9.12. The molecule has 0 saturated heterocycles. The molecule has 2 aliphatic heterocycles. The molecule has 1 aromatic heterocycles. The second kappa shape index (κ2) is 10.4. The SMILES string of the molecule is Cc1cccc2c1N(c1cc(C(C)(C)C)ccn1)B1N2c2ccccc2N1c1c(-c2ccccc2)cccc1-c1ccccc1. The lowest BCUT2D eigenvalue weighted by atomic mass is 9.82. The number of hydrogen-bond donors (Lipinski definition) is 0. The second-order valence-corrected chi connectivity index (χ2v) is 13.0. The maximum Gasteiger partial charge on any atom is 0.520 e. The molecule has 5 aromatic carbocycles. The van der Waals surface area contributed by atoms with Crippen LogP contribution in [-0.4, -0.2) is 12.1 Å². The summed E-state index contributed by atoms with van der Waals surface area (Å²) in [5.41, 5.74) is 13.2. The van der Waals surface area contributed by atoms with E-state index < -0.39 is 0 Å². The summed E-state index contributed by atoms with van der Waals surface area (Å²) >= 11 is 0. The highest BCUT2D eigenvalue weighted by Crippen LogP contribution is 2.58. The van der Waals surface area contributed by atoms with Gasteiger partial charge in [0.05, 0.1) is 22.7 Å². The summed E-state index contributed by atoms with van der Waals surface area (Å²) in [4.78, 5) is 12.6. The van der Waals surface area contributed by atoms with Gasteiger partial charge in [0, 0.05) is 23.0 Å². The molecule has 0 fully saturated rings. The van der Waals surface area contributed by atoms with E-state index in [0.29, 0.717) is 0 Å². The highest BCUT2D eigenvalue weighted by molar-refractivity contribution is 6.80. The maximum atomic E-state index is 5.06. The number of pyridine rings is 1. The van der Waals surface area contributed by atoms with Gasteiger partial charge in [-0.15, -0.1) is 0 Å². The molecule has 0 unspecified atom stereocenters. The molecule has 0 atom stereocenters. The summed E-state index contributed by atoms with van der Waals surface area (Å²) in [6, 6.07) is 48.1. The Bertz CT molecular complexity index is 1980. The first-order valence-electron chi connectivity index (χ1n) is 15.7. The van der Waals surface area contributed by atoms with Crippen LogP contribution in [-0.2, 0) is 5.41 Å². The second-order valence-electron chi connectivity index (χ2n) is 13.0. The van der Waals surface area contributed by atoms with Crippen molar-refractivity contribution in [3.63, 3.8) is 0 Å². The number of para-hydroxylation sites is 4. The zero-order valence-corrected chi connectivity index (χ0v) is 26.1. The molecule has 45 heavy (non-hydrogen) atoms. The zero-order valence-electron chi connectivity index (χ0n) is 26.1. The van der Waals surface area contributed by atoms with Gasteiger partial charge in [-0.05, 0) is 64.9 Å². The molecule has 2 aliphatic rings. The van der Waals surface area contributed by atoms with Crippen LogP contribution >= 0.6 is 0 Å². The molecule has 8 rings (SSSR count). The largest absolute Gasteiger partial charge is 0.520 e. The minimum Gasteiger partial charge on any atom is -0.342 e. The lowest BCUT2D eigenvalue weighted by Crippen LogP contribution is -2.52. The first-order valence-corrected chi connectivity index (χ1v) is 15.7. The summed E-state index contributed by atoms with van der Waals surface area (Å²) in [5.74, 6) is 0.946. The standard InChI is InChI=1S/C40H35BN4/c1-28-15-13-24-36-38(28)45(37-27-31(25-26-42-37)40(2,3)4)41-43(36)34-22-11-12-23-35(34)44(41)39-32(29-16-7-5-8-17-29)20-14-21-33(39)30-18-9-6-10-19-30/h5-27H,1-4H3. The Morgan fingerprint density at radius 1 is 0.533 bits per heavy atom. The van der Waals surface area contributed by atoms with E-state index in [4.69, 9.17) is 4.98 Å². The van der Waals surface area contributed by atoms with Gasteiger partial charge in [0.25, 0.3) is 0 Å². The maximum absolute atomic E-state index is 5.06. The fourth-order valence-electron chi connectivity index (χ4n) is 6.98. The van der Waals surface area contributed by atoms with Crippen LogP contribution in [0.1, 0.15) is 31.9 Å². The molecule has 0 aliphatic carbocycles. The topological polar surface area (TPSA) is 22.6 Å². The molecule has 0 bridgehead atoms. The van der Waals surface area contributed by atoms with Gasteiger partial charge < -0.3 is 14.4 Å². The van der Waals surface area contributed by atoms with Crippen LogP contribution in [0.5, 0.6) is 0 Å². The Labute approximate surface area is 266 Å². The molecule has 0 amide bonds. The quantitative estimate of drug-likeness (QED) is 0.193. The molecule has 0 radical (unpaired) electrons. The Kier molecular flexibility index (Phi) is 6.31. The van der Waals surface area contributed by atoms with Crippen molar-refractivity contribution in [1.82, 2.24) is 4.98 Å². The van der Waals surface area contributed by atoms with E-state index in [1.807, 2.05) is 6.20 Å². The van der Waals surface area contributed by atoms with E-state index in [1.54, 1.807) is 0 Å². The normalized spacial score (nSPS) is 13.6. The molecule has 6 aromatic rings. The molecule has 5 heteroatoms. The van der Waals surface area contributed by atoms with Gasteiger partial charge in [0.2, 0.25) is 0 Å². The molecular weight excluding hydrogens is 547 g/mol. The molecule has 0 spiro atoms. The fraction of sp³-hybridized carbons (Fsp3) is 0.125. The average molecular weight is 583 g/mol. The first kappa shape index (κ1) is 27.3. The van der Waals surface area contributed by atoms with Gasteiger partial charge in [-0.2, -0.15) is 0 Å². The molecule has 0 saturated carbocycles. The smallest absolute Gasteiger partial charge is 0.342 e. The van der Waals surface area contributed by atoms with E-state index >= 15 is 0 Å². The van der Waals surface area contributed by atoms with Gasteiger partial charge in [-0.25, -0.2) is 4.98 Å². The van der Waals surface area contributed by atoms with Gasteiger partial charge in [0.15, 0.2) is 0 Å². The van der Waals surface area contributed by atoms with Gasteiger partial charge >= 0.3 is 7.12 Å². The molecule has 218 valence electrons. The Hall–Kier alpha value is -5.29. The molecule has 0 N–H and O–H groups in total. The monoisotopic (exact) mass is 582 g/mol. The number of nitrogens with zero attached hydrogens (tertiary/aromatic N) is 4. The predicted molar refractivity (Wildman–Crippen MR) is 190 cm³/mol. The Morgan fingerprint density at radius 3 is 1.71 bits per heavy atom. The lowest BCUT2D eigenvalue weighted by Gasteiger charge is -2.34. The third kappa shape index (κ3) is 4.34. The van der Waals surface area contributed by atoms with Crippen LogP contribution < -0.4 is 14.4 Å². The zero-order chi connectivity index (χ0) is 30.7. The number of rotatable bonds is 4. The minimum absolute atomic E-state index is 0.00955. The van der Waals surface area contributed by atoms with E-state index in [-0.39, 0.29) is 12.5 Å². The van der Waals surface area contributed by atoms with Crippen molar-refractivity contribution in [3.8, 4) is 22.3 Å². The van der Waals surface area contributed by atoms with Crippen molar-refractivity contribution in [2.75, 3.05) is 14.4 Å². The van der Waals surface area contributed by atoms with Gasteiger partial charge in [0.1, 0.15) is 5.82 Å². The lowest BCUT2D eigenvalue weighted by molar-refractivity contribution is 0.589. The summed E-state index contributed by atoms with van der Waals surface area (Å²) in [5, 5.41) is 0. The summed E-state index contributed by atoms with van der Waals surface area (Å²) in [6.45, 7) is 9.01. The Morgan fingerprint density at radius 2 is 1.09 bits per heavy atom. The van der Waals surface area contributed by atoms with Crippen LogP contribution in [0.4, 0.5) is 34.3 Å². The van der Waals surface area contributed by atoms with Crippen LogP contribution in [0.25, 0.3) is 22.3 Å². The first-order chi connectivity index (χ1) is 21.9. The summed E-state index contributed by atoms with van der Waals surface area (Å²) < 4.78 is 0.